The first-order chi connectivity index (χ1) is 15.1. The average Bonchev–Trinajstić information content (AvgIpc) is 2.80. The van der Waals surface area contributed by atoms with E-state index < -0.39 is 0 Å². The zero-order chi connectivity index (χ0) is 21.6. The number of hydrogen-bond donors (Lipinski definition) is 2. The topological polar surface area (TPSA) is 87.3 Å². The highest BCUT2D eigenvalue weighted by atomic mass is 16.5. The lowest BCUT2D eigenvalue weighted by Crippen LogP contribution is -2.45. The highest BCUT2D eigenvalue weighted by Gasteiger charge is 2.21. The number of carbonyl (C=O) groups is 1. The minimum atomic E-state index is -0.195. The van der Waals surface area contributed by atoms with Crippen molar-refractivity contribution >= 4 is 16.9 Å². The summed E-state index contributed by atoms with van der Waals surface area (Å²) in [4.78, 5) is 34.6. The first-order valence-electron chi connectivity index (χ1n) is 10.8. The maximum atomic E-state index is 13.2. The molecule has 3 aromatic rings. The highest BCUT2D eigenvalue weighted by molar-refractivity contribution is 5.81. The number of H-pyrrole nitrogens is 1. The Kier molecular flexibility index (Phi) is 6.50. The molecule has 1 fully saturated rings. The van der Waals surface area contributed by atoms with Gasteiger partial charge in [0.2, 0.25) is 0 Å². The van der Waals surface area contributed by atoms with E-state index in [9.17, 15) is 9.59 Å². The largest absolute Gasteiger partial charge is 0.497 e. The monoisotopic (exact) mass is 420 g/mol. The third-order valence-corrected chi connectivity index (χ3v) is 5.81. The Morgan fingerprint density at radius 1 is 1.19 bits per heavy atom. The van der Waals surface area contributed by atoms with Crippen molar-refractivity contribution < 1.29 is 9.53 Å². The summed E-state index contributed by atoms with van der Waals surface area (Å²) in [6.07, 6.45) is 8.96. The van der Waals surface area contributed by atoms with Crippen LogP contribution in [0.25, 0.3) is 10.9 Å². The second kappa shape index (κ2) is 9.64. The molecular formula is C24H28N4O3. The molecule has 1 aliphatic carbocycles. The molecule has 31 heavy (non-hydrogen) atoms. The van der Waals surface area contributed by atoms with Crippen LogP contribution in [0.2, 0.25) is 0 Å². The van der Waals surface area contributed by atoms with Gasteiger partial charge >= 0.3 is 6.03 Å². The predicted molar refractivity (Wildman–Crippen MR) is 120 cm³/mol. The number of pyridine rings is 2. The Morgan fingerprint density at radius 3 is 2.77 bits per heavy atom. The third kappa shape index (κ3) is 5.23. The number of rotatable bonds is 6. The fourth-order valence-electron chi connectivity index (χ4n) is 4.10. The number of ether oxygens (including phenoxy) is 1. The molecular weight excluding hydrogens is 392 g/mol. The van der Waals surface area contributed by atoms with Crippen LogP contribution in [0.15, 0.2) is 53.6 Å². The molecule has 0 radical (unpaired) electrons. The minimum Gasteiger partial charge on any atom is -0.497 e. The van der Waals surface area contributed by atoms with Crippen molar-refractivity contribution in [1.82, 2.24) is 20.2 Å². The van der Waals surface area contributed by atoms with Gasteiger partial charge in [-0.05, 0) is 48.7 Å². The summed E-state index contributed by atoms with van der Waals surface area (Å²) in [6, 6.07) is 11.2. The normalized spacial score (nSPS) is 14.4. The molecule has 0 bridgehead atoms. The van der Waals surface area contributed by atoms with Gasteiger partial charge in [0.1, 0.15) is 5.75 Å². The number of aromatic amines is 1. The number of nitrogens with one attached hydrogen (secondary N) is 2. The molecule has 7 nitrogen and oxygen atoms in total. The van der Waals surface area contributed by atoms with Crippen LogP contribution >= 0.6 is 0 Å². The summed E-state index contributed by atoms with van der Waals surface area (Å²) < 4.78 is 5.30. The van der Waals surface area contributed by atoms with Crippen LogP contribution in [0.3, 0.4) is 0 Å². The predicted octanol–water partition coefficient (Wildman–Crippen LogP) is 3.98. The zero-order valence-corrected chi connectivity index (χ0v) is 17.8. The van der Waals surface area contributed by atoms with E-state index in [2.05, 4.69) is 15.3 Å². The second-order valence-electron chi connectivity index (χ2n) is 8.08. The standard InChI is InChI=1S/C24H28N4O3/c1-31-21-9-10-22-18(13-21)12-19(23(29)27-22)16-28(15-17-6-5-11-25-14-17)24(30)26-20-7-3-2-4-8-20/h5-6,9-14,20H,2-4,7-8,15-16H2,1H3,(H,26,30)(H,27,29). The molecule has 2 heterocycles. The van der Waals surface area contributed by atoms with Crippen LogP contribution in [-0.4, -0.2) is 34.1 Å². The summed E-state index contributed by atoms with van der Waals surface area (Å²) in [5, 5.41) is 4.03. The number of hydrogen-bond acceptors (Lipinski definition) is 4. The van der Waals surface area contributed by atoms with Gasteiger partial charge in [0.05, 0.1) is 13.7 Å². The molecule has 2 N–H and O–H groups in total. The van der Waals surface area contributed by atoms with Gasteiger partial charge in [0, 0.05) is 41.4 Å². The lowest BCUT2D eigenvalue weighted by Gasteiger charge is -2.28. The van der Waals surface area contributed by atoms with Crippen LogP contribution in [0.5, 0.6) is 5.75 Å². The van der Waals surface area contributed by atoms with Gasteiger partial charge < -0.3 is 19.9 Å². The number of amides is 2. The molecule has 1 aromatic carbocycles. The molecule has 0 spiro atoms. The highest BCUT2D eigenvalue weighted by Crippen LogP contribution is 2.21. The van der Waals surface area contributed by atoms with Crippen molar-refractivity contribution in [3.8, 4) is 5.75 Å². The van der Waals surface area contributed by atoms with Crippen molar-refractivity contribution in [2.24, 2.45) is 0 Å². The molecule has 1 aliphatic rings. The van der Waals surface area contributed by atoms with Crippen LogP contribution < -0.4 is 15.6 Å². The van der Waals surface area contributed by atoms with E-state index >= 15 is 0 Å². The molecule has 0 atom stereocenters. The Bertz CT molecular complexity index is 1090. The lowest BCUT2D eigenvalue weighted by atomic mass is 9.96. The first-order valence-corrected chi connectivity index (χ1v) is 10.8. The van der Waals surface area contributed by atoms with Crippen LogP contribution in [-0.2, 0) is 13.1 Å². The van der Waals surface area contributed by atoms with E-state index in [1.54, 1.807) is 24.4 Å². The van der Waals surface area contributed by atoms with E-state index in [0.29, 0.717) is 17.9 Å². The van der Waals surface area contributed by atoms with E-state index in [-0.39, 0.29) is 24.2 Å². The first kappa shape index (κ1) is 20.9. The van der Waals surface area contributed by atoms with Crippen LogP contribution in [0.1, 0.15) is 43.2 Å². The van der Waals surface area contributed by atoms with Gasteiger partial charge in [-0.2, -0.15) is 0 Å². The molecule has 0 aliphatic heterocycles. The summed E-state index contributed by atoms with van der Waals surface area (Å²) in [6.45, 7) is 0.581. The van der Waals surface area contributed by atoms with E-state index in [1.165, 1.54) is 6.42 Å². The number of fused-ring (bicyclic) bond motifs is 1. The van der Waals surface area contributed by atoms with Gasteiger partial charge in [0.15, 0.2) is 0 Å². The lowest BCUT2D eigenvalue weighted by molar-refractivity contribution is 0.184. The van der Waals surface area contributed by atoms with Gasteiger partial charge in [0.25, 0.3) is 5.56 Å². The second-order valence-corrected chi connectivity index (χ2v) is 8.08. The number of urea groups is 1. The SMILES string of the molecule is COc1ccc2[nH]c(=O)c(CN(Cc3cccnc3)C(=O)NC3CCCCC3)cc2c1. The maximum absolute atomic E-state index is 13.2. The zero-order valence-electron chi connectivity index (χ0n) is 17.8. The molecule has 0 saturated heterocycles. The van der Waals surface area contributed by atoms with E-state index in [0.717, 1.165) is 42.1 Å². The van der Waals surface area contributed by atoms with Gasteiger partial charge in [-0.15, -0.1) is 0 Å². The molecule has 1 saturated carbocycles. The molecule has 2 amide bonds. The van der Waals surface area contributed by atoms with Crippen molar-refractivity contribution in [2.45, 2.75) is 51.2 Å². The summed E-state index contributed by atoms with van der Waals surface area (Å²) in [5.41, 5.74) is 1.99. The Morgan fingerprint density at radius 2 is 2.03 bits per heavy atom. The maximum Gasteiger partial charge on any atom is 0.318 e. The van der Waals surface area contributed by atoms with Crippen molar-refractivity contribution in [1.29, 1.82) is 0 Å². The molecule has 0 unspecified atom stereocenters. The Balaban J connectivity index is 1.60. The smallest absolute Gasteiger partial charge is 0.318 e. The number of nitrogens with zero attached hydrogens (tertiary/aromatic N) is 2. The number of methoxy groups -OCH3 is 1. The van der Waals surface area contributed by atoms with Crippen LogP contribution in [0.4, 0.5) is 4.79 Å². The molecule has 162 valence electrons. The molecule has 4 rings (SSSR count). The van der Waals surface area contributed by atoms with E-state index in [4.69, 9.17) is 4.74 Å². The Hall–Kier alpha value is -3.35. The van der Waals surface area contributed by atoms with Gasteiger partial charge in [-0.25, -0.2) is 4.79 Å². The summed E-state index contributed by atoms with van der Waals surface area (Å²) in [7, 11) is 1.61. The van der Waals surface area contributed by atoms with E-state index in [1.807, 2.05) is 36.4 Å². The van der Waals surface area contributed by atoms with Crippen molar-refractivity contribution in [3.05, 3.63) is 70.3 Å². The van der Waals surface area contributed by atoms with Gasteiger partial charge in [-0.1, -0.05) is 25.3 Å². The Labute approximate surface area is 181 Å². The molecule has 7 heteroatoms. The fraction of sp³-hybridized carbons (Fsp3) is 0.375. The van der Waals surface area contributed by atoms with Crippen LogP contribution in [0, 0.1) is 0 Å². The summed E-state index contributed by atoms with van der Waals surface area (Å²) in [5.74, 6) is 0.716. The van der Waals surface area contributed by atoms with Crippen molar-refractivity contribution in [3.63, 3.8) is 0 Å². The fourth-order valence-corrected chi connectivity index (χ4v) is 4.10. The van der Waals surface area contributed by atoms with Gasteiger partial charge in [-0.3, -0.25) is 9.78 Å². The molecule has 2 aromatic heterocycles. The number of benzene rings is 1. The number of aromatic nitrogens is 2. The quantitative estimate of drug-likeness (QED) is 0.632. The average molecular weight is 421 g/mol. The summed E-state index contributed by atoms with van der Waals surface area (Å²) >= 11 is 0. The van der Waals surface area contributed by atoms with Crippen molar-refractivity contribution in [2.75, 3.05) is 7.11 Å². The number of carbonyl (C=O) groups excluding carboxylic acids is 1. The third-order valence-electron chi connectivity index (χ3n) is 5.81. The minimum absolute atomic E-state index is 0.152.